The average Bonchev–Trinajstić information content (AvgIpc) is 2.84. The molecule has 1 aliphatic rings. The van der Waals surface area contributed by atoms with E-state index in [4.69, 9.17) is 11.6 Å². The van der Waals surface area contributed by atoms with E-state index in [0.717, 1.165) is 44.7 Å². The largest absolute Gasteiger partial charge is 0.395 e. The van der Waals surface area contributed by atoms with Gasteiger partial charge in [-0.1, -0.05) is 11.6 Å². The molecule has 112 valence electrons. The van der Waals surface area contributed by atoms with Crippen molar-refractivity contribution in [1.82, 2.24) is 14.9 Å². The maximum atomic E-state index is 9.26. The number of aliphatic hydroxyl groups excluding tert-OH is 1. The van der Waals surface area contributed by atoms with E-state index in [1.165, 1.54) is 6.42 Å². The molecule has 0 aliphatic carbocycles. The molecular weight excluding hydrogens is 276 g/mol. The van der Waals surface area contributed by atoms with Crippen LogP contribution in [-0.2, 0) is 0 Å². The van der Waals surface area contributed by atoms with Gasteiger partial charge in [-0.15, -0.1) is 0 Å². The minimum absolute atomic E-state index is 0.289. The van der Waals surface area contributed by atoms with E-state index in [9.17, 15) is 5.11 Å². The van der Waals surface area contributed by atoms with Crippen LogP contribution in [0.3, 0.4) is 0 Å². The predicted octanol–water partition coefficient (Wildman–Crippen LogP) is 2.09. The highest BCUT2D eigenvalue weighted by Crippen LogP contribution is 2.17. The van der Waals surface area contributed by atoms with E-state index in [2.05, 4.69) is 20.2 Å². The van der Waals surface area contributed by atoms with E-state index in [1.54, 1.807) is 6.07 Å². The quantitative estimate of drug-likeness (QED) is 0.596. The van der Waals surface area contributed by atoms with E-state index in [0.29, 0.717) is 17.0 Å². The first-order valence-corrected chi connectivity index (χ1v) is 7.67. The Morgan fingerprint density at radius 2 is 2.30 bits per heavy atom. The fraction of sp³-hybridized carbons (Fsp3) is 0.714. The van der Waals surface area contributed by atoms with Gasteiger partial charge in [0.15, 0.2) is 0 Å². The second-order valence-electron chi connectivity index (χ2n) is 5.27. The molecule has 0 unspecified atom stereocenters. The third kappa shape index (κ3) is 4.58. The van der Waals surface area contributed by atoms with Gasteiger partial charge in [0.05, 0.1) is 6.61 Å². The molecular formula is C14H23ClN4O. The van der Waals surface area contributed by atoms with Crippen LogP contribution in [0.5, 0.6) is 0 Å². The molecule has 0 bridgehead atoms. The van der Waals surface area contributed by atoms with Crippen LogP contribution >= 0.6 is 11.6 Å². The highest BCUT2D eigenvalue weighted by Gasteiger charge is 2.22. The van der Waals surface area contributed by atoms with Gasteiger partial charge in [0.25, 0.3) is 0 Å². The number of nitrogens with zero attached hydrogens (tertiary/aromatic N) is 3. The summed E-state index contributed by atoms with van der Waals surface area (Å²) in [5.74, 6) is 1.47. The second-order valence-corrected chi connectivity index (χ2v) is 5.66. The molecule has 6 heteroatoms. The van der Waals surface area contributed by atoms with Crippen molar-refractivity contribution in [2.24, 2.45) is 0 Å². The fourth-order valence-electron chi connectivity index (χ4n) is 2.67. The monoisotopic (exact) mass is 298 g/mol. The number of likely N-dealkylation sites (tertiary alicyclic amines) is 1. The van der Waals surface area contributed by atoms with E-state index in [-0.39, 0.29) is 6.61 Å². The van der Waals surface area contributed by atoms with Crippen molar-refractivity contribution in [2.45, 2.75) is 38.6 Å². The van der Waals surface area contributed by atoms with Gasteiger partial charge >= 0.3 is 0 Å². The Morgan fingerprint density at radius 3 is 3.05 bits per heavy atom. The van der Waals surface area contributed by atoms with Crippen molar-refractivity contribution in [3.63, 3.8) is 0 Å². The van der Waals surface area contributed by atoms with Crippen LogP contribution in [0, 0.1) is 6.92 Å². The lowest BCUT2D eigenvalue weighted by atomic mass is 10.2. The molecule has 1 atom stereocenters. The molecule has 1 aromatic rings. The summed E-state index contributed by atoms with van der Waals surface area (Å²) >= 11 is 5.89. The maximum absolute atomic E-state index is 9.26. The van der Waals surface area contributed by atoms with Crippen molar-refractivity contribution in [1.29, 1.82) is 0 Å². The molecule has 1 aliphatic heterocycles. The molecule has 1 aromatic heterocycles. The Bertz CT molecular complexity index is 409. The van der Waals surface area contributed by atoms with Crippen LogP contribution in [0.1, 0.15) is 31.5 Å². The fourth-order valence-corrected chi connectivity index (χ4v) is 2.90. The van der Waals surface area contributed by atoms with Crippen LogP contribution in [0.4, 0.5) is 5.82 Å². The first-order chi connectivity index (χ1) is 9.69. The zero-order valence-electron chi connectivity index (χ0n) is 12.0. The van der Waals surface area contributed by atoms with Gasteiger partial charge in [-0.25, -0.2) is 9.97 Å². The first-order valence-electron chi connectivity index (χ1n) is 7.29. The summed E-state index contributed by atoms with van der Waals surface area (Å²) in [6.07, 6.45) is 4.55. The molecule has 5 nitrogen and oxygen atoms in total. The first kappa shape index (κ1) is 15.5. The van der Waals surface area contributed by atoms with Crippen LogP contribution in [0.15, 0.2) is 6.07 Å². The van der Waals surface area contributed by atoms with Gasteiger partial charge in [-0.3, -0.25) is 4.90 Å². The molecule has 0 aromatic carbocycles. The Hall–Kier alpha value is -0.910. The number of aryl methyl sites for hydroxylation is 1. The topological polar surface area (TPSA) is 61.3 Å². The third-order valence-electron chi connectivity index (χ3n) is 3.69. The molecule has 1 saturated heterocycles. The van der Waals surface area contributed by atoms with Crippen molar-refractivity contribution in [3.05, 3.63) is 17.0 Å². The number of nitrogens with one attached hydrogen (secondary N) is 1. The lowest BCUT2D eigenvalue weighted by molar-refractivity contribution is 0.157. The maximum Gasteiger partial charge on any atom is 0.134 e. The minimum Gasteiger partial charge on any atom is -0.395 e. The zero-order valence-corrected chi connectivity index (χ0v) is 12.7. The number of hydrogen-bond acceptors (Lipinski definition) is 5. The summed E-state index contributed by atoms with van der Waals surface area (Å²) < 4.78 is 0. The predicted molar refractivity (Wildman–Crippen MR) is 81.2 cm³/mol. The second kappa shape index (κ2) is 7.76. The summed E-state index contributed by atoms with van der Waals surface area (Å²) in [5, 5.41) is 13.0. The number of hydrogen-bond donors (Lipinski definition) is 2. The highest BCUT2D eigenvalue weighted by molar-refractivity contribution is 6.29. The van der Waals surface area contributed by atoms with Crippen molar-refractivity contribution < 1.29 is 5.11 Å². The smallest absolute Gasteiger partial charge is 0.134 e. The van der Waals surface area contributed by atoms with Gasteiger partial charge in [0, 0.05) is 18.7 Å². The Kier molecular flexibility index (Phi) is 6.01. The lowest BCUT2D eigenvalue weighted by Gasteiger charge is -2.22. The number of aromatic nitrogens is 2. The molecule has 0 amide bonds. The van der Waals surface area contributed by atoms with Gasteiger partial charge in [-0.2, -0.15) is 0 Å². The van der Waals surface area contributed by atoms with Crippen molar-refractivity contribution in [3.8, 4) is 0 Å². The summed E-state index contributed by atoms with van der Waals surface area (Å²) in [7, 11) is 0. The summed E-state index contributed by atoms with van der Waals surface area (Å²) in [6.45, 7) is 5.19. The molecule has 2 heterocycles. The Balaban J connectivity index is 1.64. The summed E-state index contributed by atoms with van der Waals surface area (Å²) in [5.41, 5.74) is 0. The summed E-state index contributed by atoms with van der Waals surface area (Å²) in [4.78, 5) is 10.7. The standard InChI is InChI=1S/C14H23ClN4O/c1-11-17-13(15)9-14(18-11)16-6-2-3-7-19-8-4-5-12(19)10-20/h9,12,20H,2-8,10H2,1H3,(H,16,17,18)/t12-/m1/s1. The van der Waals surface area contributed by atoms with Gasteiger partial charge < -0.3 is 10.4 Å². The molecule has 2 rings (SSSR count). The molecule has 1 fully saturated rings. The molecule has 0 spiro atoms. The highest BCUT2D eigenvalue weighted by atomic mass is 35.5. The number of rotatable bonds is 7. The number of unbranched alkanes of at least 4 members (excludes halogenated alkanes) is 1. The Morgan fingerprint density at radius 1 is 1.45 bits per heavy atom. The van der Waals surface area contributed by atoms with Crippen LogP contribution in [-0.4, -0.2) is 52.3 Å². The lowest BCUT2D eigenvalue weighted by Crippen LogP contribution is -2.33. The average molecular weight is 299 g/mol. The molecule has 0 saturated carbocycles. The van der Waals surface area contributed by atoms with Gasteiger partial charge in [0.1, 0.15) is 16.8 Å². The minimum atomic E-state index is 0.289. The number of aliphatic hydroxyl groups is 1. The molecule has 20 heavy (non-hydrogen) atoms. The van der Waals surface area contributed by atoms with E-state index >= 15 is 0 Å². The van der Waals surface area contributed by atoms with Gasteiger partial charge in [0.2, 0.25) is 0 Å². The van der Waals surface area contributed by atoms with Crippen molar-refractivity contribution >= 4 is 17.4 Å². The van der Waals surface area contributed by atoms with E-state index in [1.807, 2.05) is 6.92 Å². The molecule has 2 N–H and O–H groups in total. The van der Waals surface area contributed by atoms with Crippen LogP contribution < -0.4 is 5.32 Å². The third-order valence-corrected chi connectivity index (χ3v) is 3.89. The van der Waals surface area contributed by atoms with Crippen molar-refractivity contribution in [2.75, 3.05) is 31.6 Å². The summed E-state index contributed by atoms with van der Waals surface area (Å²) in [6, 6.07) is 2.13. The van der Waals surface area contributed by atoms with Gasteiger partial charge in [-0.05, 0) is 45.7 Å². The van der Waals surface area contributed by atoms with Crippen LogP contribution in [0.25, 0.3) is 0 Å². The SMILES string of the molecule is Cc1nc(Cl)cc(NCCCCN2CCC[C@@H]2CO)n1. The number of anilines is 1. The normalized spacial score (nSPS) is 19.4. The number of halogens is 1. The van der Waals surface area contributed by atoms with Crippen LogP contribution in [0.2, 0.25) is 5.15 Å². The zero-order chi connectivity index (χ0) is 14.4. The van der Waals surface area contributed by atoms with E-state index < -0.39 is 0 Å². The molecule has 0 radical (unpaired) electrons. The Labute approximate surface area is 125 Å².